The highest BCUT2D eigenvalue weighted by Crippen LogP contribution is 2.36. The summed E-state index contributed by atoms with van der Waals surface area (Å²) in [4.78, 5) is 10.7. The Labute approximate surface area is 190 Å². The Hall–Kier alpha value is -3.74. The van der Waals surface area contributed by atoms with Crippen LogP contribution < -0.4 is 4.74 Å². The van der Waals surface area contributed by atoms with Gasteiger partial charge in [-0.2, -0.15) is 5.26 Å². The number of aryl methyl sites for hydroxylation is 1. The predicted molar refractivity (Wildman–Crippen MR) is 115 cm³/mol. The van der Waals surface area contributed by atoms with Gasteiger partial charge in [0.05, 0.1) is 23.1 Å². The first-order valence-corrected chi connectivity index (χ1v) is 9.81. The molecule has 0 saturated carbocycles. The molecule has 0 aliphatic carbocycles. The number of hydrogen-bond donors (Lipinski definition) is 0. The molecular formula is C21H12Cl2FN5O3. The van der Waals surface area contributed by atoms with Gasteiger partial charge in [0.1, 0.15) is 17.1 Å². The highest BCUT2D eigenvalue weighted by atomic mass is 35.5. The minimum atomic E-state index is -0.720. The largest absolute Gasteiger partial charge is 0.453 e. The van der Waals surface area contributed by atoms with Gasteiger partial charge >= 0.3 is 0 Å². The lowest BCUT2D eigenvalue weighted by atomic mass is 10.1. The number of hydrogen-bond acceptors (Lipinski definition) is 7. The molecule has 2 aromatic heterocycles. The first kappa shape index (κ1) is 21.5. The highest BCUT2D eigenvalue weighted by molar-refractivity contribution is 6.32. The van der Waals surface area contributed by atoms with Crippen LogP contribution in [0.4, 0.5) is 10.1 Å². The number of ether oxygens (including phenoxy) is 1. The van der Waals surface area contributed by atoms with Crippen LogP contribution >= 0.6 is 23.2 Å². The van der Waals surface area contributed by atoms with Crippen molar-refractivity contribution in [2.45, 2.75) is 6.42 Å². The molecule has 0 spiro atoms. The quantitative estimate of drug-likeness (QED) is 0.311. The van der Waals surface area contributed by atoms with Crippen molar-refractivity contribution in [1.82, 2.24) is 14.8 Å². The smallest absolute Gasteiger partial charge is 0.264 e. The number of nitrogens with zero attached hydrogens (tertiary/aromatic N) is 5. The summed E-state index contributed by atoms with van der Waals surface area (Å²) in [5.41, 5.74) is 1.16. The average molecular weight is 472 g/mol. The molecule has 0 fully saturated rings. The Balaban J connectivity index is 1.62. The van der Waals surface area contributed by atoms with Gasteiger partial charge in [0, 0.05) is 23.8 Å². The molecule has 0 unspecified atom stereocenters. The van der Waals surface area contributed by atoms with Gasteiger partial charge in [-0.15, -0.1) is 15.1 Å². The summed E-state index contributed by atoms with van der Waals surface area (Å²) in [5, 5.41) is 20.1. The maximum absolute atomic E-state index is 15.2. The van der Waals surface area contributed by atoms with Crippen molar-refractivity contribution >= 4 is 28.9 Å². The van der Waals surface area contributed by atoms with E-state index >= 15 is 4.39 Å². The van der Waals surface area contributed by atoms with Crippen LogP contribution in [0.15, 0.2) is 52.2 Å². The van der Waals surface area contributed by atoms with Crippen molar-refractivity contribution in [1.29, 1.82) is 5.26 Å². The summed E-state index contributed by atoms with van der Waals surface area (Å²) in [6.45, 7) is 0. The Morgan fingerprint density at radius 1 is 1.25 bits per heavy atom. The van der Waals surface area contributed by atoms with Crippen LogP contribution in [0.2, 0.25) is 10.0 Å². The Bertz CT molecular complexity index is 1380. The van der Waals surface area contributed by atoms with Gasteiger partial charge in [0.25, 0.3) is 5.89 Å². The van der Waals surface area contributed by atoms with E-state index in [2.05, 4.69) is 15.4 Å². The van der Waals surface area contributed by atoms with Crippen LogP contribution in [-0.2, 0) is 13.5 Å². The van der Waals surface area contributed by atoms with E-state index < -0.39 is 5.82 Å². The van der Waals surface area contributed by atoms with Gasteiger partial charge in [-0.3, -0.25) is 0 Å². The third kappa shape index (κ3) is 4.32. The minimum absolute atomic E-state index is 0.0332. The SMILES string of the molecule is Cn1cc(N=O)cc1-c1nnc(Cc2ccc(Cl)c(Oc3cc(Cl)cc(C#N)c3)c2F)o1. The Morgan fingerprint density at radius 2 is 2.06 bits per heavy atom. The molecule has 0 aliphatic heterocycles. The van der Waals surface area contributed by atoms with Crippen molar-refractivity contribution in [2.75, 3.05) is 0 Å². The van der Waals surface area contributed by atoms with Gasteiger partial charge in [-0.05, 0) is 35.5 Å². The van der Waals surface area contributed by atoms with E-state index in [0.717, 1.165) is 0 Å². The van der Waals surface area contributed by atoms with Crippen LogP contribution in [0, 0.1) is 22.1 Å². The van der Waals surface area contributed by atoms with E-state index in [4.69, 9.17) is 37.6 Å². The van der Waals surface area contributed by atoms with Crippen LogP contribution in [0.5, 0.6) is 11.5 Å². The maximum atomic E-state index is 15.2. The van der Waals surface area contributed by atoms with Crippen LogP contribution in [0.25, 0.3) is 11.6 Å². The fraction of sp³-hybridized carbons (Fsp3) is 0.0952. The van der Waals surface area contributed by atoms with E-state index in [0.29, 0.717) is 5.69 Å². The van der Waals surface area contributed by atoms with Crippen LogP contribution in [0.1, 0.15) is 17.0 Å². The molecule has 0 saturated heterocycles. The number of nitroso groups, excluding NO2 is 1. The second-order valence-electron chi connectivity index (χ2n) is 6.70. The molecule has 32 heavy (non-hydrogen) atoms. The molecule has 0 atom stereocenters. The van der Waals surface area contributed by atoms with Crippen LogP contribution in [-0.4, -0.2) is 14.8 Å². The van der Waals surface area contributed by atoms with E-state index in [9.17, 15) is 4.91 Å². The third-order valence-corrected chi connectivity index (χ3v) is 4.99. The van der Waals surface area contributed by atoms with Crippen molar-refractivity contribution in [3.05, 3.63) is 80.4 Å². The van der Waals surface area contributed by atoms with Gasteiger partial charge < -0.3 is 13.7 Å². The summed E-state index contributed by atoms with van der Waals surface area (Å²) in [5.74, 6) is -0.480. The topological polar surface area (TPSA) is 106 Å². The lowest BCUT2D eigenvalue weighted by molar-refractivity contribution is 0.437. The summed E-state index contributed by atoms with van der Waals surface area (Å²) in [6.07, 6.45) is 1.48. The monoisotopic (exact) mass is 471 g/mol. The number of rotatable bonds is 6. The molecule has 0 bridgehead atoms. The third-order valence-electron chi connectivity index (χ3n) is 4.47. The van der Waals surface area contributed by atoms with Gasteiger partial charge in [0.15, 0.2) is 11.6 Å². The molecule has 0 radical (unpaired) electrons. The standard InChI is InChI=1S/C21H12Cl2FN5O3/c1-29-10-14(28-30)8-17(29)21-27-26-18(32-21)6-12-2-3-16(23)20(19(12)24)31-15-5-11(9-25)4-13(22)7-15/h2-5,7-8,10H,6H2,1H3. The highest BCUT2D eigenvalue weighted by Gasteiger charge is 2.19. The van der Waals surface area contributed by atoms with Gasteiger partial charge in [-0.25, -0.2) is 4.39 Å². The fourth-order valence-electron chi connectivity index (χ4n) is 3.01. The normalized spacial score (nSPS) is 10.7. The summed E-state index contributed by atoms with van der Waals surface area (Å²) >= 11 is 12.1. The van der Waals surface area contributed by atoms with E-state index in [1.165, 1.54) is 42.6 Å². The summed E-state index contributed by atoms with van der Waals surface area (Å²) in [6, 6.07) is 10.7. The van der Waals surface area contributed by atoms with Gasteiger partial charge in [0.2, 0.25) is 5.89 Å². The average Bonchev–Trinajstić information content (AvgIpc) is 3.38. The molecular weight excluding hydrogens is 460 g/mol. The second-order valence-corrected chi connectivity index (χ2v) is 7.55. The number of nitriles is 1. The van der Waals surface area contributed by atoms with E-state index in [-0.39, 0.29) is 56.6 Å². The minimum Gasteiger partial charge on any atom is -0.453 e. The molecule has 0 aliphatic rings. The molecule has 4 aromatic rings. The summed E-state index contributed by atoms with van der Waals surface area (Å²) < 4.78 is 28.0. The maximum Gasteiger partial charge on any atom is 0.264 e. The number of aromatic nitrogens is 3. The molecule has 11 heteroatoms. The molecule has 4 rings (SSSR count). The molecule has 0 amide bonds. The van der Waals surface area contributed by atoms with Crippen LogP contribution in [0.3, 0.4) is 0 Å². The Morgan fingerprint density at radius 3 is 2.78 bits per heavy atom. The van der Waals surface area contributed by atoms with Crippen molar-refractivity contribution < 1.29 is 13.5 Å². The lowest BCUT2D eigenvalue weighted by Gasteiger charge is -2.11. The molecule has 2 aromatic carbocycles. The zero-order valence-corrected chi connectivity index (χ0v) is 17.9. The molecule has 2 heterocycles. The first-order chi connectivity index (χ1) is 15.4. The van der Waals surface area contributed by atoms with Crippen molar-refractivity contribution in [3.63, 3.8) is 0 Å². The van der Waals surface area contributed by atoms with E-state index in [1.807, 2.05) is 6.07 Å². The molecule has 0 N–H and O–H groups in total. The predicted octanol–water partition coefficient (Wildman–Crippen LogP) is 6.17. The second kappa shape index (κ2) is 8.78. The Kier molecular flexibility index (Phi) is 5.90. The van der Waals surface area contributed by atoms with Crippen molar-refractivity contribution in [3.8, 4) is 29.2 Å². The zero-order valence-electron chi connectivity index (χ0n) is 16.3. The zero-order chi connectivity index (χ0) is 22.8. The number of halogens is 3. The first-order valence-electron chi connectivity index (χ1n) is 9.06. The molecule has 160 valence electrons. The van der Waals surface area contributed by atoms with Crippen molar-refractivity contribution in [2.24, 2.45) is 12.2 Å². The number of benzene rings is 2. The summed E-state index contributed by atoms with van der Waals surface area (Å²) in [7, 11) is 1.70. The molecule has 8 nitrogen and oxygen atoms in total. The van der Waals surface area contributed by atoms with E-state index in [1.54, 1.807) is 11.6 Å². The van der Waals surface area contributed by atoms with Gasteiger partial charge in [-0.1, -0.05) is 29.3 Å². The fourth-order valence-corrected chi connectivity index (χ4v) is 3.42. The lowest BCUT2D eigenvalue weighted by Crippen LogP contribution is -1.98.